The van der Waals surface area contributed by atoms with E-state index in [0.29, 0.717) is 11.1 Å². The first-order valence-electron chi connectivity index (χ1n) is 6.37. The lowest BCUT2D eigenvalue weighted by Gasteiger charge is -2.07. The molecule has 0 bridgehead atoms. The van der Waals surface area contributed by atoms with Gasteiger partial charge in [-0.25, -0.2) is 8.78 Å². The number of benzene rings is 2. The van der Waals surface area contributed by atoms with Gasteiger partial charge in [0.15, 0.2) is 11.6 Å². The Morgan fingerprint density at radius 1 is 0.818 bits per heavy atom. The summed E-state index contributed by atoms with van der Waals surface area (Å²) in [4.78, 5) is 11.8. The highest BCUT2D eigenvalue weighted by atomic mass is 19.4. The van der Waals surface area contributed by atoms with E-state index in [4.69, 9.17) is 0 Å². The highest BCUT2D eigenvalue weighted by molar-refractivity contribution is 5.83. The van der Waals surface area contributed by atoms with Crippen molar-refractivity contribution in [2.24, 2.45) is 0 Å². The molecule has 0 aliphatic rings. The maximum Gasteiger partial charge on any atom is 0.416 e. The van der Waals surface area contributed by atoms with E-state index in [1.807, 2.05) is 0 Å². The zero-order valence-electron chi connectivity index (χ0n) is 11.3. The monoisotopic (exact) mass is 314 g/mol. The first-order valence-corrected chi connectivity index (χ1v) is 6.37. The van der Waals surface area contributed by atoms with Gasteiger partial charge in [-0.05, 0) is 35.4 Å². The fourth-order valence-electron chi connectivity index (χ4n) is 1.98. The first-order chi connectivity index (χ1) is 10.3. The van der Waals surface area contributed by atoms with Crippen LogP contribution < -0.4 is 0 Å². The lowest BCUT2D eigenvalue weighted by Crippen LogP contribution is -2.08. The van der Waals surface area contributed by atoms with Crippen molar-refractivity contribution in [3.63, 3.8) is 0 Å². The van der Waals surface area contributed by atoms with Gasteiger partial charge in [-0.3, -0.25) is 4.79 Å². The van der Waals surface area contributed by atoms with Crippen molar-refractivity contribution in [3.05, 3.63) is 70.8 Å². The molecule has 0 N–H and O–H groups in total. The number of carbonyl (C=O) groups excluding carboxylic acids is 1. The molecule has 2 aromatic carbocycles. The molecule has 1 nitrogen and oxygen atoms in total. The van der Waals surface area contributed by atoms with E-state index >= 15 is 0 Å². The third-order valence-corrected chi connectivity index (χ3v) is 3.07. The third-order valence-electron chi connectivity index (χ3n) is 3.07. The molecule has 6 heteroatoms. The van der Waals surface area contributed by atoms with Crippen molar-refractivity contribution in [1.29, 1.82) is 0 Å². The van der Waals surface area contributed by atoms with Crippen LogP contribution >= 0.6 is 0 Å². The number of Topliss-reactive ketones (excluding diaryl/α,β-unsaturated/α-hetero) is 1. The molecule has 116 valence electrons. The molecule has 0 radical (unpaired) electrons. The fourth-order valence-corrected chi connectivity index (χ4v) is 1.98. The van der Waals surface area contributed by atoms with Crippen molar-refractivity contribution >= 4 is 5.78 Å². The predicted octanol–water partition coefficient (Wildman–Crippen LogP) is 4.34. The Labute approximate surface area is 123 Å². The average molecular weight is 314 g/mol. The van der Waals surface area contributed by atoms with Crippen molar-refractivity contribution in [2.45, 2.75) is 19.0 Å². The van der Waals surface area contributed by atoms with Crippen molar-refractivity contribution < 1.29 is 26.7 Å². The third kappa shape index (κ3) is 4.13. The van der Waals surface area contributed by atoms with Gasteiger partial charge in [0, 0.05) is 12.8 Å². The van der Waals surface area contributed by atoms with Crippen LogP contribution in [0.15, 0.2) is 42.5 Å². The minimum Gasteiger partial charge on any atom is -0.299 e. The van der Waals surface area contributed by atoms with Crippen LogP contribution in [-0.4, -0.2) is 5.78 Å². The summed E-state index contributed by atoms with van der Waals surface area (Å²) in [6.45, 7) is 0. The van der Waals surface area contributed by atoms with Gasteiger partial charge in [0.1, 0.15) is 5.78 Å². The van der Waals surface area contributed by atoms with Crippen molar-refractivity contribution in [1.82, 2.24) is 0 Å². The maximum atomic E-state index is 13.0. The summed E-state index contributed by atoms with van der Waals surface area (Å²) in [7, 11) is 0. The molecular formula is C16H11F5O. The standard InChI is InChI=1S/C16H11F5O/c17-14-6-3-11(9-15(14)18)8-13(22)7-10-1-4-12(5-2-10)16(19,20)21/h1-6,9H,7-8H2. The summed E-state index contributed by atoms with van der Waals surface area (Å²) in [6.07, 6.45) is -4.61. The van der Waals surface area contributed by atoms with Gasteiger partial charge in [0.2, 0.25) is 0 Å². The number of ketones is 1. The van der Waals surface area contributed by atoms with Crippen LogP contribution in [0, 0.1) is 11.6 Å². The average Bonchev–Trinajstić information content (AvgIpc) is 2.42. The summed E-state index contributed by atoms with van der Waals surface area (Å²) in [6, 6.07) is 7.41. The molecule has 0 spiro atoms. The van der Waals surface area contributed by atoms with Crippen LogP contribution in [0.4, 0.5) is 22.0 Å². The lowest BCUT2D eigenvalue weighted by atomic mass is 10.0. The second kappa shape index (κ2) is 6.25. The van der Waals surface area contributed by atoms with Gasteiger partial charge in [-0.1, -0.05) is 18.2 Å². The molecule has 0 atom stereocenters. The van der Waals surface area contributed by atoms with E-state index in [1.54, 1.807) is 0 Å². The Hall–Kier alpha value is -2.24. The highest BCUT2D eigenvalue weighted by Gasteiger charge is 2.29. The Bertz CT molecular complexity index is 674. The Kier molecular flexibility index (Phi) is 4.59. The van der Waals surface area contributed by atoms with Crippen LogP contribution in [0.5, 0.6) is 0 Å². The van der Waals surface area contributed by atoms with Crippen molar-refractivity contribution in [2.75, 3.05) is 0 Å². The summed E-state index contributed by atoms with van der Waals surface area (Å²) < 4.78 is 63.0. The largest absolute Gasteiger partial charge is 0.416 e. The molecule has 0 amide bonds. The minimum absolute atomic E-state index is 0.0723. The lowest BCUT2D eigenvalue weighted by molar-refractivity contribution is -0.137. The first kappa shape index (κ1) is 16.1. The van der Waals surface area contributed by atoms with E-state index < -0.39 is 23.4 Å². The Morgan fingerprint density at radius 2 is 1.36 bits per heavy atom. The molecule has 22 heavy (non-hydrogen) atoms. The number of carbonyl (C=O) groups is 1. The number of halogens is 5. The highest BCUT2D eigenvalue weighted by Crippen LogP contribution is 2.29. The summed E-state index contributed by atoms with van der Waals surface area (Å²) in [5.74, 6) is -2.34. The van der Waals surface area contributed by atoms with E-state index in [-0.39, 0.29) is 18.6 Å². The SMILES string of the molecule is O=C(Cc1ccc(C(F)(F)F)cc1)Cc1ccc(F)c(F)c1. The van der Waals surface area contributed by atoms with E-state index in [1.165, 1.54) is 18.2 Å². The predicted molar refractivity (Wildman–Crippen MR) is 70.2 cm³/mol. The minimum atomic E-state index is -4.42. The Morgan fingerprint density at radius 3 is 1.91 bits per heavy atom. The summed E-state index contributed by atoms with van der Waals surface area (Å²) in [5, 5.41) is 0. The zero-order chi connectivity index (χ0) is 16.3. The molecule has 2 rings (SSSR count). The van der Waals surface area contributed by atoms with Crippen LogP contribution in [0.1, 0.15) is 16.7 Å². The number of rotatable bonds is 4. The summed E-state index contributed by atoms with van der Waals surface area (Å²) in [5.41, 5.74) is -0.0410. The molecule has 0 unspecified atom stereocenters. The molecule has 0 aliphatic carbocycles. The molecule has 0 aromatic heterocycles. The van der Waals surface area contributed by atoms with Crippen LogP contribution in [0.3, 0.4) is 0 Å². The number of hydrogen-bond donors (Lipinski definition) is 0. The molecule has 2 aromatic rings. The topological polar surface area (TPSA) is 17.1 Å². The summed E-state index contributed by atoms with van der Waals surface area (Å²) >= 11 is 0. The number of alkyl halides is 3. The molecule has 0 fully saturated rings. The van der Waals surface area contributed by atoms with Gasteiger partial charge in [0.05, 0.1) is 5.56 Å². The second-order valence-electron chi connectivity index (χ2n) is 4.84. The van der Waals surface area contributed by atoms with E-state index in [9.17, 15) is 26.7 Å². The van der Waals surface area contributed by atoms with Crippen LogP contribution in [0.25, 0.3) is 0 Å². The van der Waals surface area contributed by atoms with Gasteiger partial charge in [-0.2, -0.15) is 13.2 Å². The fraction of sp³-hybridized carbons (Fsp3) is 0.188. The van der Waals surface area contributed by atoms with Gasteiger partial charge in [-0.15, -0.1) is 0 Å². The molecule has 0 saturated heterocycles. The van der Waals surface area contributed by atoms with Gasteiger partial charge < -0.3 is 0 Å². The van der Waals surface area contributed by atoms with Crippen LogP contribution in [0.2, 0.25) is 0 Å². The van der Waals surface area contributed by atoms with Gasteiger partial charge in [0.25, 0.3) is 0 Å². The molecule has 0 aliphatic heterocycles. The van der Waals surface area contributed by atoms with Gasteiger partial charge >= 0.3 is 6.18 Å². The quantitative estimate of drug-likeness (QED) is 0.767. The van der Waals surface area contributed by atoms with Crippen molar-refractivity contribution in [3.8, 4) is 0 Å². The number of hydrogen-bond acceptors (Lipinski definition) is 1. The Balaban J connectivity index is 2.01. The molecule has 0 saturated carbocycles. The smallest absolute Gasteiger partial charge is 0.299 e. The molecule has 0 heterocycles. The maximum absolute atomic E-state index is 13.0. The zero-order valence-corrected chi connectivity index (χ0v) is 11.3. The second-order valence-corrected chi connectivity index (χ2v) is 4.84. The normalized spacial score (nSPS) is 11.5. The van der Waals surface area contributed by atoms with E-state index in [2.05, 4.69) is 0 Å². The molecular weight excluding hydrogens is 303 g/mol. The van der Waals surface area contributed by atoms with E-state index in [0.717, 1.165) is 24.3 Å². The van der Waals surface area contributed by atoms with Crippen LogP contribution in [-0.2, 0) is 23.8 Å².